The molecule has 4 rings (SSSR count). The van der Waals surface area contributed by atoms with Crippen LogP contribution in [0.1, 0.15) is 39.5 Å². The molecule has 7 atom stereocenters. The van der Waals surface area contributed by atoms with Crippen LogP contribution in [0.3, 0.4) is 0 Å². The maximum atomic E-state index is 5.68. The zero-order valence-corrected chi connectivity index (χ0v) is 10.8. The van der Waals surface area contributed by atoms with Crippen LogP contribution >= 0.6 is 0 Å². The molecule has 0 spiro atoms. The van der Waals surface area contributed by atoms with Gasteiger partial charge in [-0.3, -0.25) is 0 Å². The molecule has 0 bridgehead atoms. The lowest BCUT2D eigenvalue weighted by molar-refractivity contribution is 0.274. The molecule has 4 aliphatic rings. The van der Waals surface area contributed by atoms with Crippen LogP contribution in [-0.4, -0.2) is 24.4 Å². The molecule has 0 aromatic heterocycles. The third-order valence-electron chi connectivity index (χ3n) is 5.35. The predicted molar refractivity (Wildman–Crippen MR) is 65.7 cm³/mol. The van der Waals surface area contributed by atoms with Crippen molar-refractivity contribution < 1.29 is 9.47 Å². The van der Waals surface area contributed by atoms with Crippen LogP contribution in [0.25, 0.3) is 0 Å². The average Bonchev–Trinajstić information content (AvgIpc) is 3.15. The summed E-state index contributed by atoms with van der Waals surface area (Å²) in [5.74, 6) is 2.43. The zero-order valence-electron chi connectivity index (χ0n) is 10.8. The molecule has 3 fully saturated rings. The summed E-state index contributed by atoms with van der Waals surface area (Å²) >= 11 is 0. The zero-order chi connectivity index (χ0) is 11.6. The minimum Gasteiger partial charge on any atom is -0.370 e. The Morgan fingerprint density at radius 3 is 2.76 bits per heavy atom. The number of epoxide rings is 2. The van der Waals surface area contributed by atoms with Crippen molar-refractivity contribution in [2.75, 3.05) is 0 Å². The lowest BCUT2D eigenvalue weighted by Crippen LogP contribution is -2.24. The molecule has 17 heavy (non-hydrogen) atoms. The minimum absolute atomic E-state index is 0.477. The Morgan fingerprint density at radius 2 is 1.88 bits per heavy atom. The number of hydrogen-bond donors (Lipinski definition) is 0. The third-order valence-corrected chi connectivity index (χ3v) is 5.35. The quantitative estimate of drug-likeness (QED) is 0.542. The number of ether oxygens (including phenoxy) is 2. The highest BCUT2D eigenvalue weighted by molar-refractivity contribution is 5.21. The second-order valence-corrected chi connectivity index (χ2v) is 6.64. The molecule has 7 unspecified atom stereocenters. The van der Waals surface area contributed by atoms with Gasteiger partial charge in [0, 0.05) is 0 Å². The summed E-state index contributed by atoms with van der Waals surface area (Å²) in [4.78, 5) is 0. The Bertz CT molecular complexity index is 362. The maximum Gasteiger partial charge on any atom is 0.103 e. The summed E-state index contributed by atoms with van der Waals surface area (Å²) in [6, 6.07) is 0. The van der Waals surface area contributed by atoms with E-state index in [9.17, 15) is 0 Å². The van der Waals surface area contributed by atoms with Gasteiger partial charge < -0.3 is 9.47 Å². The van der Waals surface area contributed by atoms with E-state index >= 15 is 0 Å². The maximum absolute atomic E-state index is 5.68. The normalized spacial score (nSPS) is 55.6. The van der Waals surface area contributed by atoms with E-state index in [-0.39, 0.29) is 0 Å². The molecule has 0 radical (unpaired) electrons. The molecule has 2 heteroatoms. The lowest BCUT2D eigenvalue weighted by atomic mass is 9.74. The first kappa shape index (κ1) is 10.6. The van der Waals surface area contributed by atoms with E-state index in [0.717, 1.165) is 17.8 Å². The van der Waals surface area contributed by atoms with Crippen LogP contribution < -0.4 is 0 Å². The largest absolute Gasteiger partial charge is 0.370 e. The molecule has 0 amide bonds. The van der Waals surface area contributed by atoms with Gasteiger partial charge in [0.1, 0.15) is 6.10 Å². The molecule has 2 saturated heterocycles. The van der Waals surface area contributed by atoms with Gasteiger partial charge in [-0.05, 0) is 43.4 Å². The van der Waals surface area contributed by atoms with Crippen molar-refractivity contribution in [3.05, 3.63) is 11.6 Å². The fourth-order valence-electron chi connectivity index (χ4n) is 3.91. The van der Waals surface area contributed by atoms with Gasteiger partial charge in [-0.15, -0.1) is 0 Å². The first-order valence-corrected chi connectivity index (χ1v) is 7.22. The number of allylic oxidation sites excluding steroid dienone is 1. The standard InChI is InChI=1S/C15H22O2/c1-8-3-12-14(16-12)6-10(8)5-11-7-15-13(17-15)4-9(11)2/h6,8-9,11-15H,3-5,7H2,1-2H3. The summed E-state index contributed by atoms with van der Waals surface area (Å²) in [7, 11) is 0. The highest BCUT2D eigenvalue weighted by Gasteiger charge is 2.48. The first-order chi connectivity index (χ1) is 8.20. The van der Waals surface area contributed by atoms with Gasteiger partial charge in [-0.2, -0.15) is 0 Å². The monoisotopic (exact) mass is 234 g/mol. The van der Waals surface area contributed by atoms with Gasteiger partial charge in [0.25, 0.3) is 0 Å². The second kappa shape index (κ2) is 3.58. The molecular weight excluding hydrogens is 212 g/mol. The van der Waals surface area contributed by atoms with Gasteiger partial charge in [-0.25, -0.2) is 0 Å². The second-order valence-electron chi connectivity index (χ2n) is 6.64. The smallest absolute Gasteiger partial charge is 0.103 e. The van der Waals surface area contributed by atoms with Crippen molar-refractivity contribution in [2.24, 2.45) is 17.8 Å². The van der Waals surface area contributed by atoms with Crippen LogP contribution in [0.2, 0.25) is 0 Å². The molecule has 0 N–H and O–H groups in total. The van der Waals surface area contributed by atoms with Crippen molar-refractivity contribution >= 4 is 0 Å². The van der Waals surface area contributed by atoms with Gasteiger partial charge in [0.05, 0.1) is 18.3 Å². The van der Waals surface area contributed by atoms with Gasteiger partial charge in [0.2, 0.25) is 0 Å². The fourth-order valence-corrected chi connectivity index (χ4v) is 3.91. The number of rotatable bonds is 2. The number of hydrogen-bond acceptors (Lipinski definition) is 2. The van der Waals surface area contributed by atoms with E-state index in [2.05, 4.69) is 19.9 Å². The lowest BCUT2D eigenvalue weighted by Gasteiger charge is -2.29. The minimum atomic E-state index is 0.477. The van der Waals surface area contributed by atoms with E-state index in [1.165, 1.54) is 25.7 Å². The molecule has 2 aliphatic heterocycles. The first-order valence-electron chi connectivity index (χ1n) is 7.22. The Labute approximate surface area is 103 Å². The SMILES string of the molecule is CC1CC2OC2C=C1CC1CC2OC2CC1C. The van der Waals surface area contributed by atoms with E-state index < -0.39 is 0 Å². The molecule has 94 valence electrons. The average molecular weight is 234 g/mol. The van der Waals surface area contributed by atoms with Crippen LogP contribution in [0, 0.1) is 17.8 Å². The molecule has 2 aliphatic carbocycles. The highest BCUT2D eigenvalue weighted by atomic mass is 16.6. The van der Waals surface area contributed by atoms with Crippen molar-refractivity contribution in [3.8, 4) is 0 Å². The summed E-state index contributed by atoms with van der Waals surface area (Å²) in [6.07, 6.45) is 9.83. The highest BCUT2D eigenvalue weighted by Crippen LogP contribution is 2.47. The molecule has 1 saturated carbocycles. The molecule has 0 aromatic rings. The summed E-state index contributed by atoms with van der Waals surface area (Å²) in [5.41, 5.74) is 1.67. The molecule has 2 nitrogen and oxygen atoms in total. The number of fused-ring (bicyclic) bond motifs is 2. The summed E-state index contributed by atoms with van der Waals surface area (Å²) in [5, 5.41) is 0. The van der Waals surface area contributed by atoms with Gasteiger partial charge in [-0.1, -0.05) is 25.5 Å². The van der Waals surface area contributed by atoms with E-state index in [1.807, 2.05) is 0 Å². The van der Waals surface area contributed by atoms with Crippen molar-refractivity contribution in [3.63, 3.8) is 0 Å². The van der Waals surface area contributed by atoms with E-state index in [0.29, 0.717) is 24.4 Å². The summed E-state index contributed by atoms with van der Waals surface area (Å²) < 4.78 is 11.3. The van der Waals surface area contributed by atoms with Crippen molar-refractivity contribution in [1.29, 1.82) is 0 Å². The van der Waals surface area contributed by atoms with Crippen LogP contribution in [0.4, 0.5) is 0 Å². The Hall–Kier alpha value is -0.340. The molecular formula is C15H22O2. The van der Waals surface area contributed by atoms with Crippen LogP contribution in [0.5, 0.6) is 0 Å². The van der Waals surface area contributed by atoms with E-state index in [4.69, 9.17) is 9.47 Å². The predicted octanol–water partition coefficient (Wildman–Crippen LogP) is 2.92. The van der Waals surface area contributed by atoms with Crippen LogP contribution in [0.15, 0.2) is 11.6 Å². The topological polar surface area (TPSA) is 25.1 Å². The Morgan fingerprint density at radius 1 is 1.06 bits per heavy atom. The Kier molecular flexibility index (Phi) is 2.23. The molecule has 2 heterocycles. The van der Waals surface area contributed by atoms with Crippen molar-refractivity contribution in [1.82, 2.24) is 0 Å². The third kappa shape index (κ3) is 1.86. The summed E-state index contributed by atoms with van der Waals surface area (Å²) in [6.45, 7) is 4.78. The van der Waals surface area contributed by atoms with Crippen LogP contribution in [-0.2, 0) is 9.47 Å². The van der Waals surface area contributed by atoms with Gasteiger partial charge in [0.15, 0.2) is 0 Å². The fraction of sp³-hybridized carbons (Fsp3) is 0.867. The Balaban J connectivity index is 1.45. The molecule has 0 aromatic carbocycles. The van der Waals surface area contributed by atoms with E-state index in [1.54, 1.807) is 5.57 Å². The van der Waals surface area contributed by atoms with Gasteiger partial charge >= 0.3 is 0 Å². The van der Waals surface area contributed by atoms with Crippen molar-refractivity contribution in [2.45, 2.75) is 63.9 Å².